The number of hydrogen-bond donors (Lipinski definition) is 2. The van der Waals surface area contributed by atoms with Gasteiger partial charge in [0.2, 0.25) is 11.5 Å². The van der Waals surface area contributed by atoms with Crippen LogP contribution >= 0.6 is 0 Å². The molecule has 4 rings (SSSR count). The van der Waals surface area contributed by atoms with Gasteiger partial charge in [-0.1, -0.05) is 12.5 Å². The Labute approximate surface area is 185 Å². The summed E-state index contributed by atoms with van der Waals surface area (Å²) in [6, 6.07) is 6.03. The van der Waals surface area contributed by atoms with E-state index in [4.69, 9.17) is 10.5 Å². The van der Waals surface area contributed by atoms with Gasteiger partial charge in [0, 0.05) is 31.8 Å². The number of primary amides is 1. The highest BCUT2D eigenvalue weighted by Gasteiger charge is 2.51. The number of nitrogens with zero attached hydrogens (tertiary/aromatic N) is 2. The summed E-state index contributed by atoms with van der Waals surface area (Å²) in [5.41, 5.74) is 4.73. The fourth-order valence-electron chi connectivity index (χ4n) is 4.37. The summed E-state index contributed by atoms with van der Waals surface area (Å²) in [4.78, 5) is 32.5. The van der Waals surface area contributed by atoms with Gasteiger partial charge in [-0.15, -0.1) is 0 Å². The Kier molecular flexibility index (Phi) is 6.03. The standard InChI is InChI=1S/C23H28F2N4O3/c1-22(21(26)31,19-7-6-17(12-27-19)32-14-15-3-2-4-15)29-10-9-23(24,25)18(13-29)16-5-8-20(30)28-11-16/h5-8,11-12,15,18H,2-4,9-10,13-14H2,1H3,(H2,26,31)(H,28,30)/t18-,22?/m1/s1. The van der Waals surface area contributed by atoms with Gasteiger partial charge >= 0.3 is 0 Å². The first-order valence-electron chi connectivity index (χ1n) is 10.9. The summed E-state index contributed by atoms with van der Waals surface area (Å²) in [6.45, 7) is 2.12. The van der Waals surface area contributed by atoms with E-state index in [-0.39, 0.29) is 18.6 Å². The van der Waals surface area contributed by atoms with E-state index < -0.39 is 29.7 Å². The Balaban J connectivity index is 1.57. The predicted molar refractivity (Wildman–Crippen MR) is 115 cm³/mol. The average molecular weight is 446 g/mol. The molecular weight excluding hydrogens is 418 g/mol. The fraction of sp³-hybridized carbons (Fsp3) is 0.522. The van der Waals surface area contributed by atoms with Gasteiger partial charge < -0.3 is 15.5 Å². The number of nitrogens with two attached hydrogens (primary N) is 1. The lowest BCUT2D eigenvalue weighted by Crippen LogP contribution is -2.59. The highest BCUT2D eigenvalue weighted by molar-refractivity contribution is 5.85. The lowest BCUT2D eigenvalue weighted by Gasteiger charge is -2.46. The number of carbonyl (C=O) groups is 1. The van der Waals surface area contributed by atoms with Gasteiger partial charge in [0.1, 0.15) is 11.3 Å². The maximum absolute atomic E-state index is 14.8. The molecule has 1 amide bonds. The number of amides is 1. The fourth-order valence-corrected chi connectivity index (χ4v) is 4.37. The zero-order chi connectivity index (χ0) is 22.9. The third-order valence-corrected chi connectivity index (χ3v) is 6.90. The number of rotatable bonds is 7. The molecule has 2 fully saturated rings. The lowest BCUT2D eigenvalue weighted by molar-refractivity contribution is -0.139. The van der Waals surface area contributed by atoms with Crippen molar-refractivity contribution < 1.29 is 18.3 Å². The molecule has 1 aliphatic carbocycles. The van der Waals surface area contributed by atoms with Crippen molar-refractivity contribution in [1.82, 2.24) is 14.9 Å². The van der Waals surface area contributed by atoms with Gasteiger partial charge in [-0.05, 0) is 43.4 Å². The number of aromatic nitrogens is 2. The average Bonchev–Trinajstić information content (AvgIpc) is 2.73. The first-order valence-corrected chi connectivity index (χ1v) is 10.9. The van der Waals surface area contributed by atoms with Gasteiger partial charge in [0.05, 0.1) is 24.4 Å². The maximum atomic E-state index is 14.8. The van der Waals surface area contributed by atoms with E-state index in [2.05, 4.69) is 9.97 Å². The molecule has 2 aromatic heterocycles. The van der Waals surface area contributed by atoms with Crippen LogP contribution < -0.4 is 16.0 Å². The molecule has 0 bridgehead atoms. The highest BCUT2D eigenvalue weighted by Crippen LogP contribution is 2.43. The molecule has 1 saturated heterocycles. The molecule has 3 N–H and O–H groups in total. The predicted octanol–water partition coefficient (Wildman–Crippen LogP) is 2.77. The number of halogens is 2. The third-order valence-electron chi connectivity index (χ3n) is 6.90. The second kappa shape index (κ2) is 8.61. The maximum Gasteiger partial charge on any atom is 0.257 e. The van der Waals surface area contributed by atoms with Crippen LogP contribution in [0.3, 0.4) is 0 Å². The molecule has 2 atom stereocenters. The van der Waals surface area contributed by atoms with Gasteiger partial charge in [0.15, 0.2) is 0 Å². The summed E-state index contributed by atoms with van der Waals surface area (Å²) < 4.78 is 35.4. The number of ether oxygens (including phenoxy) is 1. The Morgan fingerprint density at radius 3 is 2.69 bits per heavy atom. The van der Waals surface area contributed by atoms with Crippen molar-refractivity contribution in [3.63, 3.8) is 0 Å². The molecule has 7 nitrogen and oxygen atoms in total. The first-order chi connectivity index (χ1) is 15.2. The molecule has 0 aromatic carbocycles. The van der Waals surface area contributed by atoms with E-state index in [9.17, 15) is 18.4 Å². The molecule has 1 unspecified atom stereocenters. The van der Waals surface area contributed by atoms with E-state index in [1.807, 2.05) is 0 Å². The number of pyridine rings is 2. The third kappa shape index (κ3) is 4.26. The van der Waals surface area contributed by atoms with Crippen LogP contribution in [-0.2, 0) is 10.3 Å². The molecule has 9 heteroatoms. The number of likely N-dealkylation sites (tertiary alicyclic amines) is 1. The summed E-state index contributed by atoms with van der Waals surface area (Å²) in [5, 5.41) is 0. The van der Waals surface area contributed by atoms with Gasteiger partial charge in [-0.2, -0.15) is 0 Å². The lowest BCUT2D eigenvalue weighted by atomic mass is 9.83. The molecule has 0 radical (unpaired) electrons. The molecule has 1 aliphatic heterocycles. The largest absolute Gasteiger partial charge is 0.492 e. The molecule has 2 aromatic rings. The molecule has 0 spiro atoms. The van der Waals surface area contributed by atoms with Crippen LogP contribution in [0.4, 0.5) is 8.78 Å². The van der Waals surface area contributed by atoms with E-state index in [0.717, 1.165) is 0 Å². The van der Waals surface area contributed by atoms with Gasteiger partial charge in [-0.25, -0.2) is 8.78 Å². The normalized spacial score (nSPS) is 23.2. The summed E-state index contributed by atoms with van der Waals surface area (Å²) in [6.07, 6.45) is 5.98. The smallest absolute Gasteiger partial charge is 0.257 e. The Morgan fingerprint density at radius 2 is 2.12 bits per heavy atom. The van der Waals surface area contributed by atoms with Crippen LogP contribution in [0.1, 0.15) is 49.8 Å². The van der Waals surface area contributed by atoms with E-state index in [1.54, 1.807) is 30.2 Å². The number of aromatic amines is 1. The van der Waals surface area contributed by atoms with Crippen LogP contribution in [0, 0.1) is 5.92 Å². The van der Waals surface area contributed by atoms with Crippen molar-refractivity contribution in [2.24, 2.45) is 11.7 Å². The van der Waals surface area contributed by atoms with E-state index in [0.29, 0.717) is 29.5 Å². The highest BCUT2D eigenvalue weighted by atomic mass is 19.3. The molecule has 3 heterocycles. The van der Waals surface area contributed by atoms with Crippen molar-refractivity contribution in [3.05, 3.63) is 58.3 Å². The van der Waals surface area contributed by atoms with Crippen LogP contribution in [0.2, 0.25) is 0 Å². The molecule has 32 heavy (non-hydrogen) atoms. The Hall–Kier alpha value is -2.81. The quantitative estimate of drug-likeness (QED) is 0.681. The number of H-pyrrole nitrogens is 1. The van der Waals surface area contributed by atoms with Gasteiger partial charge in [0.25, 0.3) is 5.92 Å². The monoisotopic (exact) mass is 446 g/mol. The number of nitrogens with one attached hydrogen (secondary N) is 1. The molecular formula is C23H28F2N4O3. The van der Waals surface area contributed by atoms with Crippen LogP contribution in [-0.4, -0.2) is 46.4 Å². The number of alkyl halides is 2. The minimum atomic E-state index is -2.99. The topological polar surface area (TPSA) is 101 Å². The Bertz CT molecular complexity index is 1000. The summed E-state index contributed by atoms with van der Waals surface area (Å²) in [5.74, 6) is -3.68. The first kappa shape index (κ1) is 22.4. The summed E-state index contributed by atoms with van der Waals surface area (Å²) >= 11 is 0. The minimum Gasteiger partial charge on any atom is -0.492 e. The van der Waals surface area contributed by atoms with Crippen LogP contribution in [0.25, 0.3) is 0 Å². The number of carbonyl (C=O) groups excluding carboxylic acids is 1. The van der Waals surface area contributed by atoms with Crippen molar-refractivity contribution in [1.29, 1.82) is 0 Å². The Morgan fingerprint density at radius 1 is 1.34 bits per heavy atom. The zero-order valence-corrected chi connectivity index (χ0v) is 18.0. The zero-order valence-electron chi connectivity index (χ0n) is 18.0. The molecule has 2 aliphatic rings. The second-order valence-electron chi connectivity index (χ2n) is 8.92. The van der Waals surface area contributed by atoms with E-state index in [1.165, 1.54) is 37.6 Å². The van der Waals surface area contributed by atoms with Crippen molar-refractivity contribution in [2.75, 3.05) is 19.7 Å². The van der Waals surface area contributed by atoms with Crippen molar-refractivity contribution in [3.8, 4) is 5.75 Å². The number of piperidine rings is 1. The van der Waals surface area contributed by atoms with Crippen LogP contribution in [0.15, 0.2) is 41.5 Å². The molecule has 172 valence electrons. The SMILES string of the molecule is CC(C(N)=O)(c1ccc(OCC2CCC2)cn1)N1CCC(F)(F)[C@@H](c2ccc(=O)[nH]c2)C1. The molecule has 1 saturated carbocycles. The van der Waals surface area contributed by atoms with Crippen molar-refractivity contribution >= 4 is 5.91 Å². The minimum absolute atomic E-state index is 0.0199. The second-order valence-corrected chi connectivity index (χ2v) is 8.92. The number of hydrogen-bond acceptors (Lipinski definition) is 5. The summed E-state index contributed by atoms with van der Waals surface area (Å²) in [7, 11) is 0. The van der Waals surface area contributed by atoms with E-state index >= 15 is 0 Å². The van der Waals surface area contributed by atoms with Crippen molar-refractivity contribution in [2.45, 2.75) is 50.0 Å². The van der Waals surface area contributed by atoms with Gasteiger partial charge in [-0.3, -0.25) is 19.5 Å². The van der Waals surface area contributed by atoms with Crippen LogP contribution in [0.5, 0.6) is 5.75 Å².